The molecule has 1 aromatic carbocycles. The van der Waals surface area contributed by atoms with Crippen LogP contribution < -0.4 is 5.32 Å². The van der Waals surface area contributed by atoms with Crippen molar-refractivity contribution < 1.29 is 14.7 Å². The number of thiazole rings is 1. The number of nitrogens with zero attached hydrogens (tertiary/aromatic N) is 2. The van der Waals surface area contributed by atoms with Crippen LogP contribution in [0.25, 0.3) is 10.4 Å². The summed E-state index contributed by atoms with van der Waals surface area (Å²) in [6.45, 7) is 8.24. The Morgan fingerprint density at radius 1 is 1.26 bits per heavy atom. The molecule has 0 spiro atoms. The van der Waals surface area contributed by atoms with Gasteiger partial charge in [0.05, 0.1) is 27.7 Å². The third-order valence-corrected chi connectivity index (χ3v) is 7.12. The lowest BCUT2D eigenvalue weighted by atomic mass is 9.91. The molecule has 6 nitrogen and oxygen atoms in total. The number of benzene rings is 1. The molecule has 0 bridgehead atoms. The second-order valence-corrected chi connectivity index (χ2v) is 11.0. The van der Waals surface area contributed by atoms with Crippen molar-refractivity contribution in [2.24, 2.45) is 5.41 Å². The predicted octanol–water partition coefficient (Wildman–Crippen LogP) is 3.62. The summed E-state index contributed by atoms with van der Waals surface area (Å²) >= 11 is 1.62. The molecule has 2 heterocycles. The molecule has 166 valence electrons. The Morgan fingerprint density at radius 3 is 2.48 bits per heavy atom. The van der Waals surface area contributed by atoms with Gasteiger partial charge in [0, 0.05) is 19.4 Å². The number of carbonyl (C=O) groups excluding carboxylic acids is 2. The van der Waals surface area contributed by atoms with Crippen LogP contribution in [-0.2, 0) is 15.1 Å². The topological polar surface area (TPSA) is 82.5 Å². The molecule has 4 rings (SSSR count). The Bertz CT molecular complexity index is 973. The average Bonchev–Trinajstić information content (AvgIpc) is 3.15. The van der Waals surface area contributed by atoms with E-state index in [1.54, 1.807) is 16.2 Å². The zero-order valence-electron chi connectivity index (χ0n) is 18.6. The molecule has 0 radical (unpaired) electrons. The summed E-state index contributed by atoms with van der Waals surface area (Å²) in [7, 11) is 0. The zero-order chi connectivity index (χ0) is 22.4. The van der Waals surface area contributed by atoms with Gasteiger partial charge in [0.15, 0.2) is 0 Å². The molecule has 31 heavy (non-hydrogen) atoms. The van der Waals surface area contributed by atoms with Gasteiger partial charge in [-0.15, -0.1) is 11.3 Å². The number of likely N-dealkylation sites (tertiary alicyclic amines) is 1. The summed E-state index contributed by atoms with van der Waals surface area (Å²) in [4.78, 5) is 33.0. The summed E-state index contributed by atoms with van der Waals surface area (Å²) in [6.07, 6.45) is 1.75. The lowest BCUT2D eigenvalue weighted by Gasteiger charge is -2.29. The van der Waals surface area contributed by atoms with Crippen LogP contribution >= 0.6 is 11.3 Å². The lowest BCUT2D eigenvalue weighted by Crippen LogP contribution is -2.49. The third kappa shape index (κ3) is 4.67. The number of carbonyl (C=O) groups is 2. The minimum absolute atomic E-state index is 0.0710. The Labute approximate surface area is 187 Å². The monoisotopic (exact) mass is 441 g/mol. The summed E-state index contributed by atoms with van der Waals surface area (Å²) < 4.78 is 0. The van der Waals surface area contributed by atoms with E-state index in [0.29, 0.717) is 12.8 Å². The fraction of sp³-hybridized carbons (Fsp3) is 0.542. The van der Waals surface area contributed by atoms with E-state index >= 15 is 0 Å². The van der Waals surface area contributed by atoms with Gasteiger partial charge in [0.25, 0.3) is 0 Å². The fourth-order valence-corrected chi connectivity index (χ4v) is 5.15. The number of aromatic nitrogens is 1. The predicted molar refractivity (Wildman–Crippen MR) is 122 cm³/mol. The summed E-state index contributed by atoms with van der Waals surface area (Å²) in [5.41, 5.74) is 4.55. The molecule has 1 aliphatic heterocycles. The summed E-state index contributed by atoms with van der Waals surface area (Å²) in [5, 5.41) is 13.4. The van der Waals surface area contributed by atoms with Crippen LogP contribution in [0.15, 0.2) is 29.8 Å². The maximum Gasteiger partial charge on any atom is 0.243 e. The van der Waals surface area contributed by atoms with E-state index in [0.717, 1.165) is 34.5 Å². The number of nitrogens with one attached hydrogen (secondary N) is 1. The first-order chi connectivity index (χ1) is 14.6. The van der Waals surface area contributed by atoms with Gasteiger partial charge >= 0.3 is 0 Å². The Kier molecular flexibility index (Phi) is 5.68. The van der Waals surface area contributed by atoms with E-state index in [1.165, 1.54) is 0 Å². The van der Waals surface area contributed by atoms with Gasteiger partial charge in [-0.1, -0.05) is 45.0 Å². The molecule has 7 heteroatoms. The van der Waals surface area contributed by atoms with Crippen molar-refractivity contribution in [1.29, 1.82) is 0 Å². The molecule has 2 fully saturated rings. The molecule has 1 aliphatic carbocycles. The Morgan fingerprint density at radius 2 is 1.94 bits per heavy atom. The highest BCUT2D eigenvalue weighted by molar-refractivity contribution is 7.13. The molecular weight excluding hydrogens is 410 g/mol. The molecule has 1 saturated heterocycles. The first-order valence-corrected chi connectivity index (χ1v) is 11.8. The van der Waals surface area contributed by atoms with E-state index in [2.05, 4.69) is 34.6 Å². The second kappa shape index (κ2) is 8.02. The normalized spacial score (nSPS) is 22.4. The highest BCUT2D eigenvalue weighted by Crippen LogP contribution is 2.46. The molecule has 2 atom stereocenters. The molecular formula is C24H31N3O3S. The van der Waals surface area contributed by atoms with Crippen molar-refractivity contribution in [3.05, 3.63) is 41.0 Å². The van der Waals surface area contributed by atoms with E-state index in [9.17, 15) is 14.7 Å². The number of rotatable bonds is 5. The van der Waals surface area contributed by atoms with Gasteiger partial charge in [-0.05, 0) is 36.3 Å². The first-order valence-electron chi connectivity index (χ1n) is 10.9. The summed E-state index contributed by atoms with van der Waals surface area (Å²) in [5.74, 6) is -0.239. The Hall–Kier alpha value is -2.25. The van der Waals surface area contributed by atoms with Crippen molar-refractivity contribution >= 4 is 23.2 Å². The Balaban J connectivity index is 1.47. The van der Waals surface area contributed by atoms with Crippen LogP contribution in [0.4, 0.5) is 0 Å². The number of β-amino-alcohol motifs (C(OH)–C–C–N with tert-alkyl or cyclic N) is 1. The number of aliphatic hydroxyl groups is 1. The largest absolute Gasteiger partial charge is 0.391 e. The minimum atomic E-state index is -0.656. The van der Waals surface area contributed by atoms with Gasteiger partial charge < -0.3 is 15.3 Å². The van der Waals surface area contributed by atoms with E-state index in [1.807, 2.05) is 33.2 Å². The zero-order valence-corrected chi connectivity index (χ0v) is 19.5. The van der Waals surface area contributed by atoms with Crippen molar-refractivity contribution in [2.75, 3.05) is 6.54 Å². The second-order valence-electron chi connectivity index (χ2n) is 10.1. The standard InChI is InChI=1S/C24H31N3O3S/c1-15-21(31-14-25-15)16-5-7-17(8-6-16)24(9-10-24)26-22(30)19-11-18(28)13-27(19)20(29)12-23(2,3)4/h5-8,14,18-19,28H,9-13H2,1-4H3,(H,26,30)/t18-,19+/m1/s1. The number of aryl methyl sites for hydroxylation is 1. The quantitative estimate of drug-likeness (QED) is 0.742. The van der Waals surface area contributed by atoms with Gasteiger partial charge in [-0.3, -0.25) is 9.59 Å². The van der Waals surface area contributed by atoms with Gasteiger partial charge in [-0.25, -0.2) is 4.98 Å². The smallest absolute Gasteiger partial charge is 0.243 e. The van der Waals surface area contributed by atoms with Crippen LogP contribution in [0.5, 0.6) is 0 Å². The summed E-state index contributed by atoms with van der Waals surface area (Å²) in [6, 6.07) is 7.71. The number of hydrogen-bond acceptors (Lipinski definition) is 5. The fourth-order valence-electron chi connectivity index (χ4n) is 4.34. The minimum Gasteiger partial charge on any atom is -0.391 e. The van der Waals surface area contributed by atoms with Gasteiger partial charge in [-0.2, -0.15) is 0 Å². The lowest BCUT2D eigenvalue weighted by molar-refractivity contribution is -0.140. The van der Waals surface area contributed by atoms with Crippen LogP contribution in [-0.4, -0.2) is 45.5 Å². The molecule has 2 amide bonds. The van der Waals surface area contributed by atoms with Crippen molar-refractivity contribution in [3.8, 4) is 10.4 Å². The molecule has 2 N–H and O–H groups in total. The molecule has 1 aromatic heterocycles. The van der Waals surface area contributed by atoms with Crippen LogP contribution in [0.1, 0.15) is 57.7 Å². The van der Waals surface area contributed by atoms with Crippen molar-refractivity contribution in [2.45, 2.75) is 71.1 Å². The maximum absolute atomic E-state index is 13.2. The van der Waals surface area contributed by atoms with Crippen molar-refractivity contribution in [3.63, 3.8) is 0 Å². The maximum atomic E-state index is 13.2. The molecule has 1 saturated carbocycles. The van der Waals surface area contributed by atoms with E-state index < -0.39 is 12.1 Å². The average molecular weight is 442 g/mol. The van der Waals surface area contributed by atoms with Crippen molar-refractivity contribution in [1.82, 2.24) is 15.2 Å². The highest BCUT2D eigenvalue weighted by atomic mass is 32.1. The molecule has 2 aliphatic rings. The third-order valence-electron chi connectivity index (χ3n) is 6.14. The van der Waals surface area contributed by atoms with Gasteiger partial charge in [0.2, 0.25) is 11.8 Å². The van der Waals surface area contributed by atoms with Crippen LogP contribution in [0.3, 0.4) is 0 Å². The van der Waals surface area contributed by atoms with Crippen LogP contribution in [0.2, 0.25) is 0 Å². The highest BCUT2D eigenvalue weighted by Gasteiger charge is 2.48. The van der Waals surface area contributed by atoms with Crippen LogP contribution in [0, 0.1) is 12.3 Å². The number of aliphatic hydroxyl groups excluding tert-OH is 1. The molecule has 0 unspecified atom stereocenters. The van der Waals surface area contributed by atoms with E-state index in [-0.39, 0.29) is 29.3 Å². The van der Waals surface area contributed by atoms with Gasteiger partial charge in [0.1, 0.15) is 6.04 Å². The molecule has 2 aromatic rings. The first kappa shape index (κ1) is 22.0. The number of amides is 2. The number of hydrogen-bond donors (Lipinski definition) is 2. The van der Waals surface area contributed by atoms with E-state index in [4.69, 9.17) is 0 Å². The SMILES string of the molecule is Cc1ncsc1-c1ccc(C2(NC(=O)[C@@H]3C[C@@H](O)CN3C(=O)CC(C)(C)C)CC2)cc1.